The molecule has 1 unspecified atom stereocenters. The van der Waals surface area contributed by atoms with Crippen molar-refractivity contribution in [3.8, 4) is 0 Å². The Morgan fingerprint density at radius 3 is 2.74 bits per heavy atom. The predicted molar refractivity (Wildman–Crippen MR) is 111 cm³/mol. The van der Waals surface area contributed by atoms with Gasteiger partial charge in [-0.1, -0.05) is 48.9 Å². The van der Waals surface area contributed by atoms with Crippen molar-refractivity contribution >= 4 is 16.8 Å². The van der Waals surface area contributed by atoms with Crippen LogP contribution in [0.3, 0.4) is 0 Å². The van der Waals surface area contributed by atoms with Crippen molar-refractivity contribution in [3.63, 3.8) is 0 Å². The van der Waals surface area contributed by atoms with Crippen LogP contribution >= 0.6 is 0 Å². The third-order valence-corrected chi connectivity index (χ3v) is 5.96. The van der Waals surface area contributed by atoms with Gasteiger partial charge in [0.25, 0.3) is 0 Å². The second kappa shape index (κ2) is 7.22. The molecule has 0 spiro atoms. The fourth-order valence-electron chi connectivity index (χ4n) is 4.57. The highest BCUT2D eigenvalue weighted by Gasteiger charge is 2.34. The summed E-state index contributed by atoms with van der Waals surface area (Å²) in [6, 6.07) is 17.2. The Labute approximate surface area is 161 Å². The summed E-state index contributed by atoms with van der Waals surface area (Å²) in [5, 5.41) is 1.32. The Bertz CT molecular complexity index is 957. The number of fused-ring (bicyclic) bond motifs is 3. The molecule has 1 N–H and O–H groups in total. The molecule has 27 heavy (non-hydrogen) atoms. The molecule has 0 fully saturated rings. The van der Waals surface area contributed by atoms with Gasteiger partial charge in [-0.05, 0) is 56.4 Å². The maximum Gasteiger partial charge on any atom is 0.223 e. The minimum Gasteiger partial charge on any atom is -0.356 e. The number of benzene rings is 2. The normalized spacial score (nSPS) is 17.5. The van der Waals surface area contributed by atoms with Crippen LogP contribution in [-0.4, -0.2) is 15.8 Å². The number of carbonyl (C=O) groups is 1. The monoisotopic (exact) mass is 360 g/mol. The first-order valence-electron chi connectivity index (χ1n) is 10.1. The minimum absolute atomic E-state index is 0.0581. The molecule has 1 aromatic heterocycles. The van der Waals surface area contributed by atoms with Crippen LogP contribution in [0.2, 0.25) is 0 Å². The van der Waals surface area contributed by atoms with Crippen LogP contribution in [0, 0.1) is 6.92 Å². The maximum atomic E-state index is 13.0. The molecular formula is C24H28N2O. The highest BCUT2D eigenvalue weighted by molar-refractivity contribution is 5.86. The van der Waals surface area contributed by atoms with Crippen molar-refractivity contribution in [2.75, 3.05) is 0 Å². The summed E-state index contributed by atoms with van der Waals surface area (Å²) in [4.78, 5) is 18.8. The first-order valence-corrected chi connectivity index (χ1v) is 10.1. The van der Waals surface area contributed by atoms with Gasteiger partial charge >= 0.3 is 0 Å². The molecule has 0 bridgehead atoms. The number of H-pyrrole nitrogens is 1. The maximum absolute atomic E-state index is 13.0. The lowest BCUT2D eigenvalue weighted by atomic mass is 9.89. The quantitative estimate of drug-likeness (QED) is 0.622. The van der Waals surface area contributed by atoms with Crippen molar-refractivity contribution < 1.29 is 4.79 Å². The number of rotatable bonds is 4. The number of hydrogen-bond donors (Lipinski definition) is 1. The van der Waals surface area contributed by atoms with Gasteiger partial charge in [0.1, 0.15) is 0 Å². The number of aromatic nitrogens is 1. The molecule has 0 aliphatic heterocycles. The Kier molecular flexibility index (Phi) is 4.77. The van der Waals surface area contributed by atoms with Crippen LogP contribution in [0.4, 0.5) is 0 Å². The largest absolute Gasteiger partial charge is 0.356 e. The Morgan fingerprint density at radius 2 is 2.00 bits per heavy atom. The van der Waals surface area contributed by atoms with Gasteiger partial charge < -0.3 is 9.88 Å². The van der Waals surface area contributed by atoms with E-state index in [-0.39, 0.29) is 18.0 Å². The molecule has 0 saturated carbocycles. The molecule has 3 heteroatoms. The van der Waals surface area contributed by atoms with Gasteiger partial charge in [0, 0.05) is 23.0 Å². The molecule has 140 valence electrons. The van der Waals surface area contributed by atoms with Gasteiger partial charge in [0.2, 0.25) is 5.91 Å². The molecule has 1 heterocycles. The molecule has 2 aromatic carbocycles. The summed E-state index contributed by atoms with van der Waals surface area (Å²) in [5.41, 5.74) is 6.31. The lowest BCUT2D eigenvalue weighted by Crippen LogP contribution is -2.38. The molecule has 4 rings (SSSR count). The molecule has 3 nitrogen and oxygen atoms in total. The van der Waals surface area contributed by atoms with Crippen LogP contribution < -0.4 is 0 Å². The van der Waals surface area contributed by atoms with Crippen molar-refractivity contribution in [3.05, 3.63) is 70.9 Å². The van der Waals surface area contributed by atoms with E-state index in [1.807, 2.05) is 13.0 Å². The Balaban J connectivity index is 1.80. The topological polar surface area (TPSA) is 36.1 Å². The zero-order valence-electron chi connectivity index (χ0n) is 16.5. The fraction of sp³-hybridized carbons (Fsp3) is 0.375. The third kappa shape index (κ3) is 3.16. The van der Waals surface area contributed by atoms with Crippen LogP contribution in [0.25, 0.3) is 10.9 Å². The number of nitrogens with zero attached hydrogens (tertiary/aromatic N) is 1. The molecule has 3 aromatic rings. The third-order valence-electron chi connectivity index (χ3n) is 5.96. The summed E-state index contributed by atoms with van der Waals surface area (Å²) in [5.74, 6) is 0.221. The van der Waals surface area contributed by atoms with Gasteiger partial charge in [-0.3, -0.25) is 4.79 Å². The summed E-state index contributed by atoms with van der Waals surface area (Å²) in [7, 11) is 0. The standard InChI is InChI=1S/C24H28N2O/c1-4-23(27)26(17(3)18-9-6-5-7-10-18)22-12-8-11-19-20-15-16(2)13-14-21(20)25-24(19)22/h5-7,9-10,13-15,17,22,25H,4,8,11-12H2,1-3H3/t17-,22?/m0/s1. The molecule has 1 amide bonds. The number of nitrogens with one attached hydrogen (secondary N) is 1. The fourth-order valence-corrected chi connectivity index (χ4v) is 4.57. The number of amides is 1. The van der Waals surface area contributed by atoms with Crippen molar-refractivity contribution in [2.24, 2.45) is 0 Å². The van der Waals surface area contributed by atoms with Crippen LogP contribution in [0.1, 0.15) is 67.6 Å². The van der Waals surface area contributed by atoms with E-state index in [0.29, 0.717) is 6.42 Å². The highest BCUT2D eigenvalue weighted by atomic mass is 16.2. The van der Waals surface area contributed by atoms with Gasteiger partial charge in [-0.25, -0.2) is 0 Å². The van der Waals surface area contributed by atoms with Crippen molar-refractivity contribution in [1.29, 1.82) is 0 Å². The van der Waals surface area contributed by atoms with E-state index in [1.54, 1.807) is 0 Å². The minimum atomic E-state index is 0.0581. The van der Waals surface area contributed by atoms with E-state index in [1.165, 1.54) is 33.3 Å². The second-order valence-electron chi connectivity index (χ2n) is 7.72. The summed E-state index contributed by atoms with van der Waals surface area (Å²) in [6.45, 7) is 6.26. The number of aromatic amines is 1. The summed E-state index contributed by atoms with van der Waals surface area (Å²) < 4.78 is 0. The van der Waals surface area contributed by atoms with Crippen LogP contribution in [0.15, 0.2) is 48.5 Å². The summed E-state index contributed by atoms with van der Waals surface area (Å²) >= 11 is 0. The molecule has 1 aliphatic rings. The van der Waals surface area contributed by atoms with E-state index < -0.39 is 0 Å². The molecule has 1 aliphatic carbocycles. The summed E-state index contributed by atoms with van der Waals surface area (Å²) in [6.07, 6.45) is 3.75. The number of carbonyl (C=O) groups excluding carboxylic acids is 1. The van der Waals surface area contributed by atoms with E-state index in [9.17, 15) is 4.79 Å². The van der Waals surface area contributed by atoms with E-state index in [2.05, 4.69) is 66.2 Å². The molecule has 2 atom stereocenters. The van der Waals surface area contributed by atoms with Crippen molar-refractivity contribution in [2.45, 2.75) is 58.5 Å². The van der Waals surface area contributed by atoms with E-state index >= 15 is 0 Å². The zero-order chi connectivity index (χ0) is 19.0. The Hall–Kier alpha value is -2.55. The lowest BCUT2D eigenvalue weighted by molar-refractivity contribution is -0.136. The average Bonchev–Trinajstić information content (AvgIpc) is 3.07. The predicted octanol–water partition coefficient (Wildman–Crippen LogP) is 5.85. The van der Waals surface area contributed by atoms with Gasteiger partial charge in [-0.2, -0.15) is 0 Å². The van der Waals surface area contributed by atoms with Gasteiger partial charge in [0.05, 0.1) is 12.1 Å². The van der Waals surface area contributed by atoms with Crippen LogP contribution in [-0.2, 0) is 11.2 Å². The smallest absolute Gasteiger partial charge is 0.223 e. The Morgan fingerprint density at radius 1 is 1.22 bits per heavy atom. The lowest BCUT2D eigenvalue weighted by Gasteiger charge is -2.39. The van der Waals surface area contributed by atoms with Crippen LogP contribution in [0.5, 0.6) is 0 Å². The first kappa shape index (κ1) is 17.8. The SMILES string of the molecule is CCC(=O)N(C1CCCc2c1[nH]c1ccc(C)cc21)[C@@H](C)c1ccccc1. The number of aryl methyl sites for hydroxylation is 2. The number of hydrogen-bond acceptors (Lipinski definition) is 1. The molecule has 0 radical (unpaired) electrons. The molecular weight excluding hydrogens is 332 g/mol. The van der Waals surface area contributed by atoms with E-state index in [4.69, 9.17) is 0 Å². The van der Waals surface area contributed by atoms with E-state index in [0.717, 1.165) is 19.3 Å². The zero-order valence-corrected chi connectivity index (χ0v) is 16.5. The highest BCUT2D eigenvalue weighted by Crippen LogP contribution is 2.41. The molecule has 0 saturated heterocycles. The first-order chi connectivity index (χ1) is 13.1. The van der Waals surface area contributed by atoms with Crippen molar-refractivity contribution in [1.82, 2.24) is 9.88 Å². The average molecular weight is 361 g/mol. The van der Waals surface area contributed by atoms with Gasteiger partial charge in [0.15, 0.2) is 0 Å². The van der Waals surface area contributed by atoms with Gasteiger partial charge in [-0.15, -0.1) is 0 Å². The second-order valence-corrected chi connectivity index (χ2v) is 7.72.